The van der Waals surface area contributed by atoms with Gasteiger partial charge in [0.2, 0.25) is 0 Å². The molecule has 0 saturated carbocycles. The predicted octanol–water partition coefficient (Wildman–Crippen LogP) is 4.03. The minimum atomic E-state index is -3.14. The van der Waals surface area contributed by atoms with Gasteiger partial charge in [-0.2, -0.15) is 0 Å². The molecule has 1 amide bonds. The van der Waals surface area contributed by atoms with Crippen molar-refractivity contribution in [3.63, 3.8) is 0 Å². The number of sulfone groups is 1. The van der Waals surface area contributed by atoms with E-state index in [1.807, 2.05) is 38.1 Å². The topological polar surface area (TPSA) is 72.9 Å². The summed E-state index contributed by atoms with van der Waals surface area (Å²) in [6, 6.07) is 12.3. The van der Waals surface area contributed by atoms with Crippen LogP contribution in [0.4, 0.5) is 0 Å². The summed E-state index contributed by atoms with van der Waals surface area (Å²) < 4.78 is 35.5. The summed E-state index contributed by atoms with van der Waals surface area (Å²) in [6.45, 7) is 6.34. The molecule has 1 heterocycles. The molecule has 0 aliphatic carbocycles. The third kappa shape index (κ3) is 6.14. The minimum Gasteiger partial charge on any atom is -0.494 e. The van der Waals surface area contributed by atoms with E-state index in [1.54, 1.807) is 30.0 Å². The molecule has 2 aromatic rings. The zero-order valence-corrected chi connectivity index (χ0v) is 19.6. The number of hydrogen-bond donors (Lipinski definition) is 0. The Morgan fingerprint density at radius 2 is 1.87 bits per heavy atom. The van der Waals surface area contributed by atoms with Crippen molar-refractivity contribution in [3.8, 4) is 11.5 Å². The van der Waals surface area contributed by atoms with Crippen LogP contribution in [-0.4, -0.2) is 49.5 Å². The monoisotopic (exact) mass is 465 g/mol. The zero-order valence-electron chi connectivity index (χ0n) is 18.0. The van der Waals surface area contributed by atoms with Gasteiger partial charge < -0.3 is 14.4 Å². The summed E-state index contributed by atoms with van der Waals surface area (Å²) in [5.41, 5.74) is 1.75. The summed E-state index contributed by atoms with van der Waals surface area (Å²) in [7, 11) is -3.14. The molecule has 1 aliphatic heterocycles. The fourth-order valence-electron chi connectivity index (χ4n) is 3.64. The number of carbonyl (C=O) groups is 1. The highest BCUT2D eigenvalue weighted by Gasteiger charge is 2.36. The molecular formula is C23H28ClNO5S. The van der Waals surface area contributed by atoms with Crippen molar-refractivity contribution in [1.29, 1.82) is 0 Å². The zero-order chi connectivity index (χ0) is 22.6. The normalized spacial score (nSPS) is 18.4. The number of carbonyl (C=O) groups excluding carboxylic acids is 1. The maximum atomic E-state index is 13.3. The highest BCUT2D eigenvalue weighted by atomic mass is 35.5. The SMILES string of the molecule is CCOc1ccc(CN(C(=O)[C@H](C)Oc2ccc(Cl)c(C)c2)[C@@H]2CCS(=O)(=O)C2)cc1. The second kappa shape index (κ2) is 9.92. The van der Waals surface area contributed by atoms with Gasteiger partial charge in [-0.25, -0.2) is 8.42 Å². The Labute approximate surface area is 189 Å². The molecule has 8 heteroatoms. The predicted molar refractivity (Wildman–Crippen MR) is 121 cm³/mol. The van der Waals surface area contributed by atoms with E-state index in [2.05, 4.69) is 0 Å². The largest absolute Gasteiger partial charge is 0.494 e. The molecule has 1 fully saturated rings. The van der Waals surface area contributed by atoms with E-state index in [0.717, 1.165) is 16.9 Å². The van der Waals surface area contributed by atoms with Crippen molar-refractivity contribution >= 4 is 27.3 Å². The molecular weight excluding hydrogens is 438 g/mol. The first kappa shape index (κ1) is 23.4. The average molecular weight is 466 g/mol. The van der Waals surface area contributed by atoms with Gasteiger partial charge in [-0.3, -0.25) is 4.79 Å². The fourth-order valence-corrected chi connectivity index (χ4v) is 5.49. The van der Waals surface area contributed by atoms with E-state index in [-0.39, 0.29) is 23.5 Å². The van der Waals surface area contributed by atoms with E-state index in [4.69, 9.17) is 21.1 Å². The number of hydrogen-bond acceptors (Lipinski definition) is 5. The van der Waals surface area contributed by atoms with Crippen molar-refractivity contribution in [3.05, 3.63) is 58.6 Å². The van der Waals surface area contributed by atoms with E-state index < -0.39 is 15.9 Å². The highest BCUT2D eigenvalue weighted by Crippen LogP contribution is 2.25. The quantitative estimate of drug-likeness (QED) is 0.588. The highest BCUT2D eigenvalue weighted by molar-refractivity contribution is 7.91. The molecule has 0 aromatic heterocycles. The Morgan fingerprint density at radius 1 is 1.19 bits per heavy atom. The van der Waals surface area contributed by atoms with Crippen molar-refractivity contribution in [2.45, 2.75) is 45.9 Å². The van der Waals surface area contributed by atoms with Gasteiger partial charge in [0.15, 0.2) is 15.9 Å². The first-order valence-corrected chi connectivity index (χ1v) is 12.5. The average Bonchev–Trinajstić information content (AvgIpc) is 3.09. The van der Waals surface area contributed by atoms with Crippen LogP contribution in [0.5, 0.6) is 11.5 Å². The van der Waals surface area contributed by atoms with Gasteiger partial charge in [0, 0.05) is 17.6 Å². The molecule has 0 spiro atoms. The molecule has 0 bridgehead atoms. The van der Waals surface area contributed by atoms with Gasteiger partial charge in [-0.05, 0) is 68.7 Å². The van der Waals surface area contributed by atoms with Gasteiger partial charge in [0.1, 0.15) is 11.5 Å². The molecule has 1 saturated heterocycles. The Balaban J connectivity index is 1.79. The smallest absolute Gasteiger partial charge is 0.263 e. The minimum absolute atomic E-state index is 0.0253. The summed E-state index contributed by atoms with van der Waals surface area (Å²) in [5, 5.41) is 0.625. The van der Waals surface area contributed by atoms with Crippen LogP contribution >= 0.6 is 11.6 Å². The summed E-state index contributed by atoms with van der Waals surface area (Å²) in [5.74, 6) is 1.12. The van der Waals surface area contributed by atoms with E-state index in [0.29, 0.717) is 30.3 Å². The van der Waals surface area contributed by atoms with E-state index in [1.165, 1.54) is 0 Å². The molecule has 2 atom stereocenters. The second-order valence-corrected chi connectivity index (χ2v) is 10.4. The van der Waals surface area contributed by atoms with Crippen LogP contribution in [0.2, 0.25) is 5.02 Å². The van der Waals surface area contributed by atoms with Crippen LogP contribution in [-0.2, 0) is 21.2 Å². The fraction of sp³-hybridized carbons (Fsp3) is 0.435. The number of aryl methyl sites for hydroxylation is 1. The van der Waals surface area contributed by atoms with Gasteiger partial charge in [0.05, 0.1) is 18.1 Å². The maximum absolute atomic E-state index is 13.3. The van der Waals surface area contributed by atoms with Gasteiger partial charge in [0.25, 0.3) is 5.91 Å². The van der Waals surface area contributed by atoms with Crippen LogP contribution in [0.15, 0.2) is 42.5 Å². The molecule has 0 unspecified atom stereocenters. The molecule has 1 aliphatic rings. The first-order valence-electron chi connectivity index (χ1n) is 10.3. The molecule has 31 heavy (non-hydrogen) atoms. The number of rotatable bonds is 8. The van der Waals surface area contributed by atoms with Gasteiger partial charge >= 0.3 is 0 Å². The molecule has 2 aromatic carbocycles. The Kier molecular flexibility index (Phi) is 7.49. The summed E-state index contributed by atoms with van der Waals surface area (Å²) in [6.07, 6.45) is -0.343. The van der Waals surface area contributed by atoms with Crippen LogP contribution in [0.3, 0.4) is 0 Å². The lowest BCUT2D eigenvalue weighted by Crippen LogP contribution is -2.46. The number of ether oxygens (including phenoxy) is 2. The van der Waals surface area contributed by atoms with Gasteiger partial charge in [-0.15, -0.1) is 0 Å². The summed E-state index contributed by atoms with van der Waals surface area (Å²) >= 11 is 6.07. The standard InChI is InChI=1S/C23H28ClNO5S/c1-4-29-20-7-5-18(6-8-20)14-25(19-11-12-31(27,28)15-19)23(26)17(3)30-21-9-10-22(24)16(2)13-21/h5-10,13,17,19H,4,11-12,14-15H2,1-3H3/t17-,19+/m0/s1. The number of nitrogens with zero attached hydrogens (tertiary/aromatic N) is 1. The van der Waals surface area contributed by atoms with Crippen molar-refractivity contribution < 1.29 is 22.7 Å². The molecule has 6 nitrogen and oxygen atoms in total. The van der Waals surface area contributed by atoms with Crippen molar-refractivity contribution in [1.82, 2.24) is 4.90 Å². The third-order valence-electron chi connectivity index (χ3n) is 5.31. The van der Waals surface area contributed by atoms with Gasteiger partial charge in [-0.1, -0.05) is 23.7 Å². The van der Waals surface area contributed by atoms with Crippen LogP contribution < -0.4 is 9.47 Å². The molecule has 0 radical (unpaired) electrons. The van der Waals surface area contributed by atoms with Crippen LogP contribution in [0, 0.1) is 6.92 Å². The second-order valence-electron chi connectivity index (χ2n) is 7.77. The summed E-state index contributed by atoms with van der Waals surface area (Å²) in [4.78, 5) is 15.0. The van der Waals surface area contributed by atoms with Crippen molar-refractivity contribution in [2.75, 3.05) is 18.1 Å². The van der Waals surface area contributed by atoms with Crippen LogP contribution in [0.25, 0.3) is 0 Å². The number of amides is 1. The number of benzene rings is 2. The lowest BCUT2D eigenvalue weighted by atomic mass is 10.1. The first-order chi connectivity index (χ1) is 14.7. The Bertz CT molecular complexity index is 1020. The molecule has 3 rings (SSSR count). The lowest BCUT2D eigenvalue weighted by Gasteiger charge is -2.31. The van der Waals surface area contributed by atoms with Crippen LogP contribution in [0.1, 0.15) is 31.4 Å². The van der Waals surface area contributed by atoms with Crippen molar-refractivity contribution in [2.24, 2.45) is 0 Å². The Hall–Kier alpha value is -2.25. The third-order valence-corrected chi connectivity index (χ3v) is 7.48. The lowest BCUT2D eigenvalue weighted by molar-refractivity contribution is -0.140. The molecule has 168 valence electrons. The number of halogens is 1. The Morgan fingerprint density at radius 3 is 2.45 bits per heavy atom. The molecule has 0 N–H and O–H groups in total. The van der Waals surface area contributed by atoms with E-state index in [9.17, 15) is 13.2 Å². The van der Waals surface area contributed by atoms with E-state index >= 15 is 0 Å². The maximum Gasteiger partial charge on any atom is 0.263 e.